The summed E-state index contributed by atoms with van der Waals surface area (Å²) in [7, 11) is 3.50. The van der Waals surface area contributed by atoms with E-state index in [9.17, 15) is 4.79 Å². The van der Waals surface area contributed by atoms with Crippen molar-refractivity contribution in [1.29, 1.82) is 0 Å². The third-order valence-electron chi connectivity index (χ3n) is 3.82. The molecule has 1 unspecified atom stereocenters. The molecule has 1 aliphatic rings. The smallest absolute Gasteiger partial charge is 0.255 e. The standard InChI is InChI=1S/C15H21BrN2O2/c1-18(11-4-3-8-17-9-7-11)15(19)13-10-12(20-2)5-6-14(13)16/h5-6,10-11,17H,3-4,7-9H2,1-2H3. The van der Waals surface area contributed by atoms with Gasteiger partial charge in [0.2, 0.25) is 0 Å². The number of carbonyl (C=O) groups is 1. The van der Waals surface area contributed by atoms with E-state index < -0.39 is 0 Å². The first-order valence-corrected chi connectivity index (χ1v) is 7.74. The topological polar surface area (TPSA) is 41.6 Å². The van der Waals surface area contributed by atoms with Crippen molar-refractivity contribution in [3.63, 3.8) is 0 Å². The van der Waals surface area contributed by atoms with Crippen molar-refractivity contribution in [3.05, 3.63) is 28.2 Å². The summed E-state index contributed by atoms with van der Waals surface area (Å²) in [4.78, 5) is 14.5. The van der Waals surface area contributed by atoms with Crippen molar-refractivity contribution in [2.75, 3.05) is 27.2 Å². The lowest BCUT2D eigenvalue weighted by molar-refractivity contribution is 0.0719. The predicted octanol–water partition coefficient (Wildman–Crippen LogP) is 2.67. The first-order chi connectivity index (χ1) is 9.63. The monoisotopic (exact) mass is 340 g/mol. The van der Waals surface area contributed by atoms with E-state index in [-0.39, 0.29) is 5.91 Å². The molecule has 1 amide bonds. The van der Waals surface area contributed by atoms with Crippen molar-refractivity contribution in [1.82, 2.24) is 10.2 Å². The van der Waals surface area contributed by atoms with Crippen molar-refractivity contribution < 1.29 is 9.53 Å². The van der Waals surface area contributed by atoms with E-state index in [2.05, 4.69) is 21.2 Å². The van der Waals surface area contributed by atoms with Crippen molar-refractivity contribution in [2.24, 2.45) is 0 Å². The van der Waals surface area contributed by atoms with E-state index >= 15 is 0 Å². The van der Waals surface area contributed by atoms with E-state index in [1.165, 1.54) is 0 Å². The number of halogens is 1. The molecule has 1 aromatic rings. The highest BCUT2D eigenvalue weighted by Gasteiger charge is 2.23. The van der Waals surface area contributed by atoms with Crippen LogP contribution in [0.3, 0.4) is 0 Å². The molecular formula is C15H21BrN2O2. The summed E-state index contributed by atoms with van der Waals surface area (Å²) in [5.41, 5.74) is 0.657. The molecule has 0 aromatic heterocycles. The number of benzene rings is 1. The van der Waals surface area contributed by atoms with Gasteiger partial charge in [0.15, 0.2) is 0 Å². The molecule has 5 heteroatoms. The second-order valence-corrected chi connectivity index (χ2v) is 5.95. The Labute approximate surface area is 128 Å². The average molecular weight is 341 g/mol. The molecule has 4 nitrogen and oxygen atoms in total. The van der Waals surface area contributed by atoms with Crippen LogP contribution in [-0.2, 0) is 0 Å². The number of amides is 1. The second-order valence-electron chi connectivity index (χ2n) is 5.10. The number of hydrogen-bond donors (Lipinski definition) is 1. The molecule has 1 N–H and O–H groups in total. The summed E-state index contributed by atoms with van der Waals surface area (Å²) >= 11 is 3.45. The molecule has 20 heavy (non-hydrogen) atoms. The van der Waals surface area contributed by atoms with Crippen LogP contribution in [0.2, 0.25) is 0 Å². The molecule has 0 bridgehead atoms. The molecule has 1 aliphatic heterocycles. The van der Waals surface area contributed by atoms with Crippen molar-refractivity contribution in [2.45, 2.75) is 25.3 Å². The molecule has 1 heterocycles. The molecular weight excluding hydrogens is 320 g/mol. The van der Waals surface area contributed by atoms with E-state index in [0.717, 1.165) is 36.8 Å². The highest BCUT2D eigenvalue weighted by atomic mass is 79.9. The Balaban J connectivity index is 2.16. The third-order valence-corrected chi connectivity index (χ3v) is 4.51. The normalized spacial score (nSPS) is 19.2. The van der Waals surface area contributed by atoms with Gasteiger partial charge >= 0.3 is 0 Å². The average Bonchev–Trinajstić information content (AvgIpc) is 2.75. The van der Waals surface area contributed by atoms with Crippen molar-refractivity contribution >= 4 is 21.8 Å². The molecule has 0 spiro atoms. The third kappa shape index (κ3) is 3.52. The first kappa shape index (κ1) is 15.3. The zero-order valence-corrected chi connectivity index (χ0v) is 13.6. The van der Waals surface area contributed by atoms with Gasteiger partial charge in [0.05, 0.1) is 12.7 Å². The number of nitrogens with zero attached hydrogens (tertiary/aromatic N) is 1. The van der Waals surface area contributed by atoms with Crippen molar-refractivity contribution in [3.8, 4) is 5.75 Å². The van der Waals surface area contributed by atoms with Crippen LogP contribution < -0.4 is 10.1 Å². The molecule has 0 radical (unpaired) electrons. The molecule has 2 rings (SSSR count). The van der Waals surface area contributed by atoms with E-state index in [1.807, 2.05) is 24.1 Å². The van der Waals surface area contributed by atoms with Gasteiger partial charge in [-0.25, -0.2) is 0 Å². The van der Waals surface area contributed by atoms with Gasteiger partial charge in [0, 0.05) is 17.6 Å². The summed E-state index contributed by atoms with van der Waals surface area (Å²) in [6.45, 7) is 2.02. The van der Waals surface area contributed by atoms with E-state index in [1.54, 1.807) is 13.2 Å². The van der Waals surface area contributed by atoms with E-state index in [4.69, 9.17) is 4.74 Å². The fraction of sp³-hybridized carbons (Fsp3) is 0.533. The highest BCUT2D eigenvalue weighted by molar-refractivity contribution is 9.10. The Morgan fingerprint density at radius 3 is 2.95 bits per heavy atom. The zero-order valence-electron chi connectivity index (χ0n) is 12.0. The molecule has 1 saturated heterocycles. The maximum Gasteiger partial charge on any atom is 0.255 e. The summed E-state index contributed by atoms with van der Waals surface area (Å²) in [5.74, 6) is 0.746. The van der Waals surface area contributed by atoms with Crippen LogP contribution in [0.4, 0.5) is 0 Å². The van der Waals surface area contributed by atoms with Crippen LogP contribution in [0, 0.1) is 0 Å². The summed E-state index contributed by atoms with van der Waals surface area (Å²) in [5, 5.41) is 3.37. The quantitative estimate of drug-likeness (QED) is 0.919. The minimum absolute atomic E-state index is 0.0441. The molecule has 0 saturated carbocycles. The lowest BCUT2D eigenvalue weighted by atomic mass is 10.1. The minimum atomic E-state index is 0.0441. The fourth-order valence-corrected chi connectivity index (χ4v) is 2.96. The van der Waals surface area contributed by atoms with Crippen LogP contribution in [0.1, 0.15) is 29.6 Å². The Bertz CT molecular complexity index is 471. The SMILES string of the molecule is COc1ccc(Br)c(C(=O)N(C)C2CCCNCC2)c1. The Hall–Kier alpha value is -1.07. The lowest BCUT2D eigenvalue weighted by Gasteiger charge is -2.27. The molecule has 1 atom stereocenters. The number of hydrogen-bond acceptors (Lipinski definition) is 3. The maximum atomic E-state index is 12.7. The fourth-order valence-electron chi connectivity index (χ4n) is 2.54. The van der Waals surface area contributed by atoms with Crippen LogP contribution >= 0.6 is 15.9 Å². The maximum absolute atomic E-state index is 12.7. The minimum Gasteiger partial charge on any atom is -0.497 e. The number of rotatable bonds is 3. The van der Waals surface area contributed by atoms with Crippen LogP contribution in [-0.4, -0.2) is 44.1 Å². The number of ether oxygens (including phenoxy) is 1. The van der Waals surface area contributed by atoms with Crippen LogP contribution in [0.15, 0.2) is 22.7 Å². The summed E-state index contributed by atoms with van der Waals surface area (Å²) in [6.07, 6.45) is 3.17. The Morgan fingerprint density at radius 1 is 1.40 bits per heavy atom. The van der Waals surface area contributed by atoms with Gasteiger partial charge in [-0.1, -0.05) is 0 Å². The van der Waals surface area contributed by atoms with Crippen LogP contribution in [0.25, 0.3) is 0 Å². The lowest BCUT2D eigenvalue weighted by Crippen LogP contribution is -2.37. The van der Waals surface area contributed by atoms with E-state index in [0.29, 0.717) is 17.4 Å². The largest absolute Gasteiger partial charge is 0.497 e. The zero-order chi connectivity index (χ0) is 14.5. The number of methoxy groups -OCH3 is 1. The summed E-state index contributed by atoms with van der Waals surface area (Å²) in [6, 6.07) is 5.79. The second kappa shape index (κ2) is 7.09. The van der Waals surface area contributed by atoms with Gasteiger partial charge in [-0.15, -0.1) is 0 Å². The van der Waals surface area contributed by atoms with Gasteiger partial charge in [-0.05, 0) is 66.5 Å². The molecule has 1 fully saturated rings. The highest BCUT2D eigenvalue weighted by Crippen LogP contribution is 2.25. The summed E-state index contributed by atoms with van der Waals surface area (Å²) < 4.78 is 6.01. The van der Waals surface area contributed by atoms with Gasteiger partial charge < -0.3 is 15.0 Å². The van der Waals surface area contributed by atoms with Gasteiger partial charge in [0.25, 0.3) is 5.91 Å². The first-order valence-electron chi connectivity index (χ1n) is 6.95. The van der Waals surface area contributed by atoms with Gasteiger partial charge in [-0.3, -0.25) is 4.79 Å². The predicted molar refractivity (Wildman–Crippen MR) is 83.3 cm³/mol. The van der Waals surface area contributed by atoms with Gasteiger partial charge in [-0.2, -0.15) is 0 Å². The Morgan fingerprint density at radius 2 is 2.20 bits per heavy atom. The molecule has 1 aromatic carbocycles. The number of carbonyl (C=O) groups excluding carboxylic acids is 1. The molecule has 0 aliphatic carbocycles. The van der Waals surface area contributed by atoms with Crippen LogP contribution in [0.5, 0.6) is 5.75 Å². The molecule has 110 valence electrons. The van der Waals surface area contributed by atoms with Gasteiger partial charge in [0.1, 0.15) is 5.75 Å². The Kier molecular flexibility index (Phi) is 5.43. The number of nitrogens with one attached hydrogen (secondary N) is 1.